The van der Waals surface area contributed by atoms with E-state index in [9.17, 15) is 0 Å². The van der Waals surface area contributed by atoms with E-state index in [2.05, 4.69) is 4.98 Å². The number of aromatic nitrogens is 2. The van der Waals surface area contributed by atoms with Gasteiger partial charge in [-0.2, -0.15) is 0 Å². The Morgan fingerprint density at radius 2 is 1.81 bits per heavy atom. The van der Waals surface area contributed by atoms with E-state index < -0.39 is 0 Å². The smallest absolute Gasteiger partial charge is 0.231 e. The normalized spacial score (nSPS) is 13.1. The molecule has 4 rings (SSSR count). The number of hydrogen-bond acceptors (Lipinski definition) is 3. The van der Waals surface area contributed by atoms with Gasteiger partial charge in [-0.1, -0.05) is 23.2 Å². The minimum Gasteiger partial charge on any atom is -0.454 e. The average Bonchev–Trinajstić information content (AvgIpc) is 3.05. The molecule has 0 unspecified atom stereocenters. The molecule has 4 nitrogen and oxygen atoms in total. The maximum absolute atomic E-state index is 6.08. The zero-order valence-corrected chi connectivity index (χ0v) is 12.6. The van der Waals surface area contributed by atoms with Gasteiger partial charge in [0, 0.05) is 12.6 Å². The van der Waals surface area contributed by atoms with Crippen LogP contribution in [-0.2, 0) is 7.05 Å². The molecule has 106 valence electrons. The summed E-state index contributed by atoms with van der Waals surface area (Å²) in [6.07, 6.45) is 0. The van der Waals surface area contributed by atoms with Gasteiger partial charge in [0.2, 0.25) is 6.79 Å². The molecule has 21 heavy (non-hydrogen) atoms. The Bertz CT molecular complexity index is 874. The Morgan fingerprint density at radius 1 is 1.05 bits per heavy atom. The molecule has 6 heteroatoms. The molecular weight excluding hydrogens is 311 g/mol. The number of halogens is 2. The number of aryl methyl sites for hydroxylation is 1. The fraction of sp³-hybridized carbons (Fsp3) is 0.133. The van der Waals surface area contributed by atoms with Crippen molar-refractivity contribution in [2.24, 2.45) is 7.05 Å². The Hall–Kier alpha value is -1.91. The Kier molecular flexibility index (Phi) is 2.77. The first-order valence-corrected chi connectivity index (χ1v) is 7.10. The lowest BCUT2D eigenvalue weighted by Gasteiger charge is -2.04. The van der Waals surface area contributed by atoms with Crippen molar-refractivity contribution in [2.75, 3.05) is 6.79 Å². The number of imidazole rings is 1. The van der Waals surface area contributed by atoms with Crippen LogP contribution in [0.5, 0.6) is 11.5 Å². The third-order valence-electron chi connectivity index (χ3n) is 3.55. The highest BCUT2D eigenvalue weighted by Crippen LogP contribution is 2.37. The van der Waals surface area contributed by atoms with Gasteiger partial charge in [0.15, 0.2) is 11.5 Å². The summed E-state index contributed by atoms with van der Waals surface area (Å²) in [5, 5.41) is 1.02. The lowest BCUT2D eigenvalue weighted by Crippen LogP contribution is -1.93. The number of benzene rings is 2. The molecule has 0 aliphatic carbocycles. The molecule has 0 atom stereocenters. The SMILES string of the molecule is Cn1c(-c2ccc3c(c2)OCO3)nc2cc(Cl)c(Cl)cc21. The maximum atomic E-state index is 6.08. The molecule has 1 aliphatic rings. The molecule has 0 bridgehead atoms. The highest BCUT2D eigenvalue weighted by atomic mass is 35.5. The summed E-state index contributed by atoms with van der Waals surface area (Å²) in [4.78, 5) is 4.63. The van der Waals surface area contributed by atoms with Crippen molar-refractivity contribution in [2.45, 2.75) is 0 Å². The zero-order valence-electron chi connectivity index (χ0n) is 11.1. The van der Waals surface area contributed by atoms with Crippen LogP contribution in [0.25, 0.3) is 22.4 Å². The molecule has 0 saturated heterocycles. The minimum atomic E-state index is 0.256. The van der Waals surface area contributed by atoms with Gasteiger partial charge >= 0.3 is 0 Å². The van der Waals surface area contributed by atoms with Gasteiger partial charge in [-0.05, 0) is 30.3 Å². The predicted octanol–water partition coefficient (Wildman–Crippen LogP) is 4.28. The first kappa shape index (κ1) is 12.8. The van der Waals surface area contributed by atoms with E-state index in [1.54, 1.807) is 6.07 Å². The first-order chi connectivity index (χ1) is 10.1. The highest BCUT2D eigenvalue weighted by Gasteiger charge is 2.17. The molecule has 0 fully saturated rings. The molecule has 2 aromatic carbocycles. The number of rotatable bonds is 1. The summed E-state index contributed by atoms with van der Waals surface area (Å²) in [5.74, 6) is 2.31. The predicted molar refractivity (Wildman–Crippen MR) is 82.3 cm³/mol. The monoisotopic (exact) mass is 320 g/mol. The quantitative estimate of drug-likeness (QED) is 0.671. The van der Waals surface area contributed by atoms with Crippen molar-refractivity contribution in [1.82, 2.24) is 9.55 Å². The van der Waals surface area contributed by atoms with Gasteiger partial charge in [0.1, 0.15) is 5.82 Å². The molecule has 0 amide bonds. The van der Waals surface area contributed by atoms with Crippen molar-refractivity contribution in [3.05, 3.63) is 40.4 Å². The third-order valence-corrected chi connectivity index (χ3v) is 4.28. The molecule has 2 heterocycles. The van der Waals surface area contributed by atoms with Gasteiger partial charge in [-0.15, -0.1) is 0 Å². The largest absolute Gasteiger partial charge is 0.454 e. The van der Waals surface area contributed by atoms with Crippen molar-refractivity contribution >= 4 is 34.2 Å². The van der Waals surface area contributed by atoms with Crippen molar-refractivity contribution in [3.8, 4) is 22.9 Å². The molecule has 1 aromatic heterocycles. The van der Waals surface area contributed by atoms with E-state index >= 15 is 0 Å². The molecule has 3 aromatic rings. The second-order valence-electron chi connectivity index (χ2n) is 4.82. The fourth-order valence-corrected chi connectivity index (χ4v) is 2.80. The van der Waals surface area contributed by atoms with Gasteiger partial charge in [0.05, 0.1) is 21.1 Å². The van der Waals surface area contributed by atoms with Crippen molar-refractivity contribution in [1.29, 1.82) is 0 Å². The number of fused-ring (bicyclic) bond motifs is 2. The maximum Gasteiger partial charge on any atom is 0.231 e. The number of hydrogen-bond donors (Lipinski definition) is 0. The molecule has 1 aliphatic heterocycles. The van der Waals surface area contributed by atoms with Crippen molar-refractivity contribution < 1.29 is 9.47 Å². The second-order valence-corrected chi connectivity index (χ2v) is 5.63. The molecule has 0 radical (unpaired) electrons. The Labute approximate surface area is 130 Å². The van der Waals surface area contributed by atoms with Gasteiger partial charge in [-0.25, -0.2) is 4.98 Å². The van der Waals surface area contributed by atoms with E-state index in [0.29, 0.717) is 10.0 Å². The first-order valence-electron chi connectivity index (χ1n) is 6.35. The van der Waals surface area contributed by atoms with Crippen LogP contribution in [-0.4, -0.2) is 16.3 Å². The van der Waals surface area contributed by atoms with Crippen LogP contribution in [0.15, 0.2) is 30.3 Å². The van der Waals surface area contributed by atoms with Crippen LogP contribution in [0, 0.1) is 0 Å². The molecular formula is C15H10Cl2N2O2. The second kappa shape index (κ2) is 4.55. The Balaban J connectivity index is 1.92. The zero-order chi connectivity index (χ0) is 14.6. The minimum absolute atomic E-state index is 0.256. The fourth-order valence-electron chi connectivity index (χ4n) is 2.48. The summed E-state index contributed by atoms with van der Waals surface area (Å²) < 4.78 is 12.7. The van der Waals surface area contributed by atoms with Crippen LogP contribution in [0.2, 0.25) is 10.0 Å². The summed E-state index contributed by atoms with van der Waals surface area (Å²) in [5.41, 5.74) is 2.68. The lowest BCUT2D eigenvalue weighted by atomic mass is 10.2. The lowest BCUT2D eigenvalue weighted by molar-refractivity contribution is 0.174. The topological polar surface area (TPSA) is 36.3 Å². The Morgan fingerprint density at radius 3 is 2.67 bits per heavy atom. The van der Waals surface area contributed by atoms with Crippen LogP contribution in [0.4, 0.5) is 0 Å². The van der Waals surface area contributed by atoms with E-state index in [1.807, 2.05) is 35.9 Å². The summed E-state index contributed by atoms with van der Waals surface area (Å²) in [7, 11) is 1.94. The number of ether oxygens (including phenoxy) is 2. The molecule has 0 saturated carbocycles. The van der Waals surface area contributed by atoms with Gasteiger partial charge < -0.3 is 14.0 Å². The molecule has 0 spiro atoms. The van der Waals surface area contributed by atoms with E-state index in [-0.39, 0.29) is 6.79 Å². The van der Waals surface area contributed by atoms with E-state index in [0.717, 1.165) is 33.9 Å². The van der Waals surface area contributed by atoms with Crippen LogP contribution >= 0.6 is 23.2 Å². The van der Waals surface area contributed by atoms with Crippen LogP contribution < -0.4 is 9.47 Å². The molecule has 0 N–H and O–H groups in total. The standard InChI is InChI=1S/C15H10Cl2N2O2/c1-19-12-6-10(17)9(16)5-11(12)18-15(19)8-2-3-13-14(4-8)21-7-20-13/h2-6H,7H2,1H3. The van der Waals surface area contributed by atoms with Crippen LogP contribution in [0.1, 0.15) is 0 Å². The third kappa shape index (κ3) is 1.94. The van der Waals surface area contributed by atoms with E-state index in [1.165, 1.54) is 0 Å². The average molecular weight is 321 g/mol. The highest BCUT2D eigenvalue weighted by molar-refractivity contribution is 6.42. The summed E-state index contributed by atoms with van der Waals surface area (Å²) in [6.45, 7) is 0.256. The van der Waals surface area contributed by atoms with Crippen LogP contribution in [0.3, 0.4) is 0 Å². The van der Waals surface area contributed by atoms with Gasteiger partial charge in [-0.3, -0.25) is 0 Å². The summed E-state index contributed by atoms with van der Waals surface area (Å²) >= 11 is 12.1. The van der Waals surface area contributed by atoms with Gasteiger partial charge in [0.25, 0.3) is 0 Å². The van der Waals surface area contributed by atoms with Crippen molar-refractivity contribution in [3.63, 3.8) is 0 Å². The number of nitrogens with zero attached hydrogens (tertiary/aromatic N) is 2. The summed E-state index contributed by atoms with van der Waals surface area (Å²) in [6, 6.07) is 9.36. The van der Waals surface area contributed by atoms with E-state index in [4.69, 9.17) is 32.7 Å².